The number of carbonyl (C=O) groups excluding carboxylic acids is 1. The lowest BCUT2D eigenvalue weighted by Gasteiger charge is -2.18. The number of methoxy groups -OCH3 is 1. The number of hydrogen-bond acceptors (Lipinski definition) is 5. The van der Waals surface area contributed by atoms with Crippen LogP contribution in [-0.4, -0.2) is 25.0 Å². The topological polar surface area (TPSA) is 76.7 Å². The van der Waals surface area contributed by atoms with E-state index in [-0.39, 0.29) is 5.97 Å². The molecule has 21 heavy (non-hydrogen) atoms. The van der Waals surface area contributed by atoms with Crippen molar-refractivity contribution in [3.05, 3.63) is 22.4 Å². The van der Waals surface area contributed by atoms with E-state index in [0.29, 0.717) is 18.0 Å². The van der Waals surface area contributed by atoms with Crippen molar-refractivity contribution in [2.45, 2.75) is 39.7 Å². The van der Waals surface area contributed by atoms with E-state index in [1.54, 1.807) is 6.92 Å². The number of nitrogens with zero attached hydrogens (tertiary/aromatic N) is 1. The second-order valence-corrected chi connectivity index (χ2v) is 5.72. The molecule has 1 aromatic heterocycles. The highest BCUT2D eigenvalue weighted by molar-refractivity contribution is 7.11. The quantitative estimate of drug-likeness (QED) is 0.461. The first-order valence-electron chi connectivity index (χ1n) is 6.83. The average Bonchev–Trinajstić information content (AvgIpc) is 2.78. The van der Waals surface area contributed by atoms with Gasteiger partial charge in [-0.3, -0.25) is 0 Å². The molecule has 0 saturated heterocycles. The Morgan fingerprint density at radius 1 is 1.62 bits per heavy atom. The molecule has 0 aromatic carbocycles. The van der Waals surface area contributed by atoms with E-state index in [2.05, 4.69) is 16.9 Å². The zero-order chi connectivity index (χ0) is 16.0. The number of thiophene rings is 1. The van der Waals surface area contributed by atoms with E-state index in [9.17, 15) is 4.79 Å². The van der Waals surface area contributed by atoms with Crippen LogP contribution >= 0.6 is 11.3 Å². The molecular formula is C15H23N3O2S. The average molecular weight is 309 g/mol. The van der Waals surface area contributed by atoms with Crippen LogP contribution in [0.3, 0.4) is 0 Å². The Balaban J connectivity index is 2.98. The highest BCUT2D eigenvalue weighted by atomic mass is 32.1. The summed E-state index contributed by atoms with van der Waals surface area (Å²) in [5.74, 6) is 0.204. The number of aliphatic imine (C=N–C) groups is 1. The van der Waals surface area contributed by atoms with Gasteiger partial charge in [0.2, 0.25) is 0 Å². The van der Waals surface area contributed by atoms with Gasteiger partial charge >= 0.3 is 5.97 Å². The van der Waals surface area contributed by atoms with Crippen molar-refractivity contribution < 1.29 is 9.53 Å². The van der Waals surface area contributed by atoms with E-state index >= 15 is 0 Å². The summed E-state index contributed by atoms with van der Waals surface area (Å²) in [5.41, 5.74) is 8.17. The normalized spacial score (nSPS) is 12.9. The minimum absolute atomic E-state index is 0.286. The Morgan fingerprint density at radius 3 is 2.81 bits per heavy atom. The number of ether oxygens (including phenoxy) is 1. The molecule has 3 N–H and O–H groups in total. The number of rotatable bonds is 7. The molecule has 0 bridgehead atoms. The maximum absolute atomic E-state index is 11.8. The Morgan fingerprint density at radius 2 is 2.29 bits per heavy atom. The van der Waals surface area contributed by atoms with Crippen LogP contribution in [0, 0.1) is 6.92 Å². The maximum Gasteiger partial charge on any atom is 0.328 e. The molecule has 1 unspecified atom stereocenters. The zero-order valence-corrected chi connectivity index (χ0v) is 13.8. The summed E-state index contributed by atoms with van der Waals surface area (Å²) in [6.07, 6.45) is 1.56. The molecule has 1 rings (SSSR count). The van der Waals surface area contributed by atoms with Gasteiger partial charge in [-0.05, 0) is 31.2 Å². The fourth-order valence-corrected chi connectivity index (χ4v) is 2.85. The molecule has 1 aromatic rings. The molecule has 1 atom stereocenters. The van der Waals surface area contributed by atoms with Gasteiger partial charge in [-0.1, -0.05) is 19.9 Å². The van der Waals surface area contributed by atoms with Crippen molar-refractivity contribution in [1.29, 1.82) is 0 Å². The van der Waals surface area contributed by atoms with Gasteiger partial charge in [0, 0.05) is 5.70 Å². The summed E-state index contributed by atoms with van der Waals surface area (Å²) in [6.45, 7) is 9.76. The number of nitrogens with two attached hydrogens (primary N) is 1. The molecular weight excluding hydrogens is 286 g/mol. The highest BCUT2D eigenvalue weighted by Gasteiger charge is 2.20. The van der Waals surface area contributed by atoms with Crippen molar-refractivity contribution in [2.75, 3.05) is 7.11 Å². The minimum Gasteiger partial charge on any atom is -0.467 e. The van der Waals surface area contributed by atoms with Crippen LogP contribution in [-0.2, 0) is 9.53 Å². The third-order valence-corrected chi connectivity index (χ3v) is 4.06. The van der Waals surface area contributed by atoms with E-state index < -0.39 is 6.04 Å². The summed E-state index contributed by atoms with van der Waals surface area (Å²) in [7, 11) is 1.39. The van der Waals surface area contributed by atoms with Crippen LogP contribution in [0.1, 0.15) is 37.1 Å². The largest absolute Gasteiger partial charge is 0.467 e. The van der Waals surface area contributed by atoms with Crippen molar-refractivity contribution in [3.8, 4) is 0 Å². The van der Waals surface area contributed by atoms with Crippen LogP contribution in [0.15, 0.2) is 17.0 Å². The molecule has 1 heterocycles. The lowest BCUT2D eigenvalue weighted by Crippen LogP contribution is -2.36. The van der Waals surface area contributed by atoms with Crippen molar-refractivity contribution in [1.82, 2.24) is 5.32 Å². The van der Waals surface area contributed by atoms with Gasteiger partial charge in [0.05, 0.1) is 23.5 Å². The Labute approximate surface area is 129 Å². The molecule has 0 radical (unpaired) electrons. The predicted octanol–water partition coefficient (Wildman–Crippen LogP) is 2.97. The van der Waals surface area contributed by atoms with Crippen molar-refractivity contribution in [3.63, 3.8) is 0 Å². The Hall–Kier alpha value is -1.82. The first-order chi connectivity index (χ1) is 9.90. The van der Waals surface area contributed by atoms with Crippen LogP contribution in [0.25, 0.3) is 5.70 Å². The Kier molecular flexibility index (Phi) is 6.42. The van der Waals surface area contributed by atoms with Crippen LogP contribution in [0.5, 0.6) is 0 Å². The lowest BCUT2D eigenvalue weighted by atomic mass is 10.1. The number of amidine groups is 1. The minimum atomic E-state index is -0.397. The molecule has 116 valence electrons. The highest BCUT2D eigenvalue weighted by Crippen LogP contribution is 2.34. The van der Waals surface area contributed by atoms with Gasteiger partial charge in [0.15, 0.2) is 0 Å². The number of nitrogens with one attached hydrogen (secondary N) is 1. The number of carbonyl (C=O) groups is 1. The van der Waals surface area contributed by atoms with E-state index in [0.717, 1.165) is 22.5 Å². The van der Waals surface area contributed by atoms with Crippen LogP contribution in [0.2, 0.25) is 0 Å². The Bertz CT molecular complexity index is 545. The molecule has 0 aliphatic carbocycles. The van der Waals surface area contributed by atoms with Crippen molar-refractivity contribution >= 4 is 34.5 Å². The molecule has 6 heteroatoms. The summed E-state index contributed by atoms with van der Waals surface area (Å²) < 4.78 is 4.81. The standard InChI is InChI=1S/C15H23N3O2S/c1-6-7-12(15(19)20-5)17-10(3)14-13(18-11(4)16)9(2)8-21-14/h8,12,17H,3,6-7H2,1-2,4-5H3,(H2,16,18). The van der Waals surface area contributed by atoms with Gasteiger partial charge in [0.25, 0.3) is 0 Å². The molecule has 0 aliphatic heterocycles. The smallest absolute Gasteiger partial charge is 0.328 e. The molecule has 5 nitrogen and oxygen atoms in total. The monoisotopic (exact) mass is 309 g/mol. The maximum atomic E-state index is 11.8. The van der Waals surface area contributed by atoms with Gasteiger partial charge in [-0.15, -0.1) is 11.3 Å². The lowest BCUT2D eigenvalue weighted by molar-refractivity contribution is -0.142. The third kappa shape index (κ3) is 4.60. The van der Waals surface area contributed by atoms with E-state index in [4.69, 9.17) is 10.5 Å². The SMILES string of the molecule is C=C(NC(CCC)C(=O)OC)c1scc(C)c1/N=C(\C)N. The number of hydrogen-bond donors (Lipinski definition) is 2. The first kappa shape index (κ1) is 17.2. The van der Waals surface area contributed by atoms with Crippen LogP contribution < -0.4 is 11.1 Å². The van der Waals surface area contributed by atoms with Gasteiger partial charge in [-0.2, -0.15) is 0 Å². The van der Waals surface area contributed by atoms with Crippen molar-refractivity contribution in [2.24, 2.45) is 10.7 Å². The van der Waals surface area contributed by atoms with Gasteiger partial charge in [0.1, 0.15) is 6.04 Å². The fraction of sp³-hybridized carbons (Fsp3) is 0.467. The summed E-state index contributed by atoms with van der Waals surface area (Å²) in [6, 6.07) is -0.397. The second kappa shape index (κ2) is 7.83. The van der Waals surface area contributed by atoms with Crippen LogP contribution in [0.4, 0.5) is 5.69 Å². The van der Waals surface area contributed by atoms with E-state index in [1.165, 1.54) is 18.4 Å². The van der Waals surface area contributed by atoms with E-state index in [1.807, 2.05) is 19.2 Å². The molecule has 0 aliphatic rings. The molecule has 0 amide bonds. The second-order valence-electron chi connectivity index (χ2n) is 4.84. The fourth-order valence-electron chi connectivity index (χ4n) is 1.92. The summed E-state index contributed by atoms with van der Waals surface area (Å²) >= 11 is 1.53. The molecule has 0 saturated carbocycles. The number of aryl methyl sites for hydroxylation is 1. The summed E-state index contributed by atoms with van der Waals surface area (Å²) in [5, 5.41) is 5.14. The zero-order valence-electron chi connectivity index (χ0n) is 13.0. The predicted molar refractivity (Wildman–Crippen MR) is 88.9 cm³/mol. The summed E-state index contributed by atoms with van der Waals surface area (Å²) in [4.78, 5) is 17.0. The number of esters is 1. The first-order valence-corrected chi connectivity index (χ1v) is 7.71. The third-order valence-electron chi connectivity index (χ3n) is 2.92. The molecule has 0 fully saturated rings. The van der Waals surface area contributed by atoms with Gasteiger partial charge < -0.3 is 15.8 Å². The molecule has 0 spiro atoms. The van der Waals surface area contributed by atoms with Gasteiger partial charge in [-0.25, -0.2) is 9.79 Å².